The first-order valence-electron chi connectivity index (χ1n) is 11.4. The molecule has 174 valence electrons. The number of anilines is 2. The smallest absolute Gasteiger partial charge is 0.227 e. The van der Waals surface area contributed by atoms with Crippen LogP contribution in [0.25, 0.3) is 22.5 Å². The predicted molar refractivity (Wildman–Crippen MR) is 137 cm³/mol. The Labute approximate surface area is 205 Å². The van der Waals surface area contributed by atoms with Gasteiger partial charge < -0.3 is 10.2 Å². The van der Waals surface area contributed by atoms with Crippen molar-refractivity contribution in [1.82, 2.24) is 29.5 Å². The SMILES string of the molecule is CN1CCN(Cc2cccc(Nc3nccc(-c4cnn(C)c4-c4ccc(Cl)cc4)n3)c2)CC1. The molecular formula is C26H28ClN7. The summed E-state index contributed by atoms with van der Waals surface area (Å²) < 4.78 is 1.86. The Balaban J connectivity index is 1.35. The molecule has 4 aromatic rings. The molecule has 0 unspecified atom stereocenters. The van der Waals surface area contributed by atoms with E-state index in [1.807, 2.05) is 54.3 Å². The van der Waals surface area contributed by atoms with Crippen molar-refractivity contribution >= 4 is 23.2 Å². The van der Waals surface area contributed by atoms with Crippen molar-refractivity contribution < 1.29 is 0 Å². The Bertz CT molecular complexity index is 1260. The van der Waals surface area contributed by atoms with Gasteiger partial charge in [-0.2, -0.15) is 5.10 Å². The molecular weight excluding hydrogens is 446 g/mol. The van der Waals surface area contributed by atoms with Gasteiger partial charge in [-0.05, 0) is 42.9 Å². The number of nitrogens with zero attached hydrogens (tertiary/aromatic N) is 6. The molecule has 7 nitrogen and oxygen atoms in total. The van der Waals surface area contributed by atoms with Gasteiger partial charge in [-0.25, -0.2) is 9.97 Å². The highest BCUT2D eigenvalue weighted by molar-refractivity contribution is 6.30. The van der Waals surface area contributed by atoms with Crippen LogP contribution in [0.5, 0.6) is 0 Å². The zero-order chi connectivity index (χ0) is 23.5. The molecule has 2 aromatic heterocycles. The van der Waals surface area contributed by atoms with Gasteiger partial charge in [0.1, 0.15) is 0 Å². The normalized spacial score (nSPS) is 14.9. The number of halogens is 1. The maximum atomic E-state index is 6.08. The van der Waals surface area contributed by atoms with E-state index in [1.54, 1.807) is 6.20 Å². The summed E-state index contributed by atoms with van der Waals surface area (Å²) in [6.45, 7) is 5.38. The highest BCUT2D eigenvalue weighted by atomic mass is 35.5. The average molecular weight is 474 g/mol. The molecule has 1 fully saturated rings. The third-order valence-corrected chi connectivity index (χ3v) is 6.43. The maximum Gasteiger partial charge on any atom is 0.227 e. The summed E-state index contributed by atoms with van der Waals surface area (Å²) in [7, 11) is 4.11. The second kappa shape index (κ2) is 9.93. The van der Waals surface area contributed by atoms with E-state index >= 15 is 0 Å². The van der Waals surface area contributed by atoms with Crippen LogP contribution in [0, 0.1) is 0 Å². The van der Waals surface area contributed by atoms with Crippen molar-refractivity contribution in [2.75, 3.05) is 38.5 Å². The first-order valence-corrected chi connectivity index (χ1v) is 11.8. The molecule has 0 spiro atoms. The van der Waals surface area contributed by atoms with Crippen molar-refractivity contribution in [3.05, 3.63) is 77.6 Å². The van der Waals surface area contributed by atoms with Gasteiger partial charge in [0.25, 0.3) is 0 Å². The highest BCUT2D eigenvalue weighted by Gasteiger charge is 2.16. The summed E-state index contributed by atoms with van der Waals surface area (Å²) >= 11 is 6.08. The summed E-state index contributed by atoms with van der Waals surface area (Å²) in [5, 5.41) is 8.56. The standard InChI is InChI=1S/C26H28ClN7/c1-32-12-14-34(15-13-32)18-19-4-3-5-22(16-19)30-26-28-11-10-24(31-26)23-17-29-33(2)25(23)20-6-8-21(27)9-7-20/h3-11,16-17H,12-15,18H2,1-2H3,(H,28,30,31). The highest BCUT2D eigenvalue weighted by Crippen LogP contribution is 2.31. The van der Waals surface area contributed by atoms with Crippen molar-refractivity contribution in [3.63, 3.8) is 0 Å². The molecule has 0 bridgehead atoms. The predicted octanol–water partition coefficient (Wildman–Crippen LogP) is 4.69. The number of nitrogens with one attached hydrogen (secondary N) is 1. The fraction of sp³-hybridized carbons (Fsp3) is 0.269. The van der Waals surface area contributed by atoms with Crippen LogP contribution in [0.4, 0.5) is 11.6 Å². The molecule has 0 saturated carbocycles. The van der Waals surface area contributed by atoms with Gasteiger partial charge in [0.2, 0.25) is 5.95 Å². The van der Waals surface area contributed by atoms with E-state index < -0.39 is 0 Å². The van der Waals surface area contributed by atoms with Gasteiger partial charge in [0.15, 0.2) is 0 Å². The summed E-state index contributed by atoms with van der Waals surface area (Å²) in [6.07, 6.45) is 3.62. The van der Waals surface area contributed by atoms with Crippen LogP contribution in [0.1, 0.15) is 5.56 Å². The number of rotatable bonds is 6. The van der Waals surface area contributed by atoms with Crippen LogP contribution in [-0.4, -0.2) is 62.8 Å². The van der Waals surface area contributed by atoms with E-state index in [0.717, 1.165) is 60.9 Å². The molecule has 1 aliphatic rings. The third kappa shape index (κ3) is 5.12. The number of piperazine rings is 1. The number of aryl methyl sites for hydroxylation is 1. The minimum absolute atomic E-state index is 0.556. The summed E-state index contributed by atoms with van der Waals surface area (Å²) in [6, 6.07) is 18.2. The second-order valence-corrected chi connectivity index (χ2v) is 9.14. The minimum atomic E-state index is 0.556. The minimum Gasteiger partial charge on any atom is -0.324 e. The Morgan fingerprint density at radius 3 is 2.56 bits per heavy atom. The first-order chi connectivity index (χ1) is 16.5. The van der Waals surface area contributed by atoms with Gasteiger partial charge >= 0.3 is 0 Å². The van der Waals surface area contributed by atoms with Crippen LogP contribution in [0.3, 0.4) is 0 Å². The Morgan fingerprint density at radius 1 is 0.971 bits per heavy atom. The lowest BCUT2D eigenvalue weighted by atomic mass is 10.1. The molecule has 0 amide bonds. The Hall–Kier alpha value is -3.26. The number of benzene rings is 2. The molecule has 1 aliphatic heterocycles. The maximum absolute atomic E-state index is 6.08. The van der Waals surface area contributed by atoms with Crippen molar-refractivity contribution in [2.45, 2.75) is 6.54 Å². The fourth-order valence-corrected chi connectivity index (χ4v) is 4.41. The fourth-order valence-electron chi connectivity index (χ4n) is 4.28. The van der Waals surface area contributed by atoms with Crippen molar-refractivity contribution in [2.24, 2.45) is 7.05 Å². The molecule has 0 aliphatic carbocycles. The molecule has 8 heteroatoms. The summed E-state index contributed by atoms with van der Waals surface area (Å²) in [4.78, 5) is 14.1. The van der Waals surface area contributed by atoms with Crippen LogP contribution in [0.15, 0.2) is 67.0 Å². The van der Waals surface area contributed by atoms with Gasteiger partial charge in [-0.3, -0.25) is 9.58 Å². The molecule has 34 heavy (non-hydrogen) atoms. The van der Waals surface area contributed by atoms with Crippen LogP contribution in [0.2, 0.25) is 5.02 Å². The van der Waals surface area contributed by atoms with E-state index in [9.17, 15) is 0 Å². The monoisotopic (exact) mass is 473 g/mol. The van der Waals surface area contributed by atoms with Crippen LogP contribution >= 0.6 is 11.6 Å². The third-order valence-electron chi connectivity index (χ3n) is 6.17. The van der Waals surface area contributed by atoms with E-state index in [2.05, 4.69) is 50.4 Å². The molecule has 0 radical (unpaired) electrons. The van der Waals surface area contributed by atoms with Crippen molar-refractivity contribution in [1.29, 1.82) is 0 Å². The van der Waals surface area contributed by atoms with E-state index in [4.69, 9.17) is 16.6 Å². The van der Waals surface area contributed by atoms with Crippen LogP contribution < -0.4 is 5.32 Å². The zero-order valence-electron chi connectivity index (χ0n) is 19.4. The average Bonchev–Trinajstić information content (AvgIpc) is 3.23. The Kier molecular flexibility index (Phi) is 6.58. The number of hydrogen-bond donors (Lipinski definition) is 1. The van der Waals surface area contributed by atoms with Gasteiger partial charge in [0.05, 0.1) is 17.6 Å². The van der Waals surface area contributed by atoms with E-state index in [-0.39, 0.29) is 0 Å². The summed E-state index contributed by atoms with van der Waals surface area (Å²) in [5.74, 6) is 0.556. The molecule has 5 rings (SSSR count). The lowest BCUT2D eigenvalue weighted by Crippen LogP contribution is -2.43. The molecule has 3 heterocycles. The Morgan fingerprint density at radius 2 is 1.76 bits per heavy atom. The number of likely N-dealkylation sites (N-methyl/N-ethyl adjacent to an activating group) is 1. The lowest BCUT2D eigenvalue weighted by molar-refractivity contribution is 0.148. The summed E-state index contributed by atoms with van der Waals surface area (Å²) in [5.41, 5.74) is 6.03. The van der Waals surface area contributed by atoms with Gasteiger partial charge in [-0.15, -0.1) is 0 Å². The number of aromatic nitrogens is 4. The van der Waals surface area contributed by atoms with Crippen LogP contribution in [-0.2, 0) is 13.6 Å². The van der Waals surface area contributed by atoms with Gasteiger partial charge in [-0.1, -0.05) is 35.9 Å². The largest absolute Gasteiger partial charge is 0.324 e. The molecule has 0 atom stereocenters. The molecule has 1 saturated heterocycles. The second-order valence-electron chi connectivity index (χ2n) is 8.71. The zero-order valence-corrected chi connectivity index (χ0v) is 20.2. The number of hydrogen-bond acceptors (Lipinski definition) is 6. The lowest BCUT2D eigenvalue weighted by Gasteiger charge is -2.32. The van der Waals surface area contributed by atoms with Crippen molar-refractivity contribution in [3.8, 4) is 22.5 Å². The quantitative estimate of drug-likeness (QED) is 0.438. The van der Waals surface area contributed by atoms with E-state index in [1.165, 1.54) is 5.56 Å². The molecule has 1 N–H and O–H groups in total. The molecule has 2 aromatic carbocycles. The topological polar surface area (TPSA) is 62.1 Å². The first kappa shape index (κ1) is 22.5. The van der Waals surface area contributed by atoms with Gasteiger partial charge in [0, 0.05) is 67.8 Å². The van der Waals surface area contributed by atoms with E-state index in [0.29, 0.717) is 11.0 Å².